The molecule has 0 aromatic carbocycles. The Morgan fingerprint density at radius 2 is 1.14 bits per heavy atom. The Morgan fingerprint density at radius 1 is 0.714 bits per heavy atom. The predicted molar refractivity (Wildman–Crippen MR) is 73.8 cm³/mol. The van der Waals surface area contributed by atoms with Gasteiger partial charge in [0, 0.05) is 6.42 Å². The molecule has 2 fully saturated rings. The molecule has 2 aliphatic rings. The molecule has 124 valence electrons. The third-order valence-corrected chi connectivity index (χ3v) is 8.03. The zero-order valence-electron chi connectivity index (χ0n) is 12.1. The van der Waals surface area contributed by atoms with Crippen LogP contribution in [0.15, 0.2) is 0 Å². The van der Waals surface area contributed by atoms with Gasteiger partial charge in [-0.05, 0) is 57.9 Å². The SMILES string of the molecule is FC(F)(F)C(F)(F)CC[SiH](N1CCCCC1)N1CCCC1. The van der Waals surface area contributed by atoms with Crippen molar-refractivity contribution in [2.75, 3.05) is 26.2 Å². The summed E-state index contributed by atoms with van der Waals surface area (Å²) in [6.07, 6.45) is -1.20. The van der Waals surface area contributed by atoms with Crippen LogP contribution >= 0.6 is 0 Å². The first-order valence-electron chi connectivity index (χ1n) is 7.74. The summed E-state index contributed by atoms with van der Waals surface area (Å²) < 4.78 is 67.9. The zero-order valence-corrected chi connectivity index (χ0v) is 13.3. The van der Waals surface area contributed by atoms with Crippen LogP contribution < -0.4 is 0 Å². The van der Waals surface area contributed by atoms with E-state index in [1.54, 1.807) is 0 Å². The van der Waals surface area contributed by atoms with Crippen LogP contribution in [0.3, 0.4) is 0 Å². The Morgan fingerprint density at radius 3 is 1.57 bits per heavy atom. The molecule has 0 aromatic heterocycles. The molecule has 0 radical (unpaired) electrons. The van der Waals surface area contributed by atoms with Gasteiger partial charge < -0.3 is 9.13 Å². The van der Waals surface area contributed by atoms with Gasteiger partial charge in [0.05, 0.1) is 0 Å². The standard InChI is InChI=1S/C13H23F5N2Si/c14-12(15,13(16,17)18)6-11-21(20-9-4-5-10-20)19-7-2-1-3-8-19/h21H,1-11H2. The van der Waals surface area contributed by atoms with Crippen LogP contribution in [-0.2, 0) is 0 Å². The fraction of sp³-hybridized carbons (Fsp3) is 1.00. The quantitative estimate of drug-likeness (QED) is 0.563. The van der Waals surface area contributed by atoms with Crippen LogP contribution in [0, 0.1) is 0 Å². The third kappa shape index (κ3) is 4.38. The Labute approximate surface area is 124 Å². The van der Waals surface area contributed by atoms with E-state index in [-0.39, 0.29) is 6.04 Å². The lowest BCUT2D eigenvalue weighted by Crippen LogP contribution is -2.54. The average Bonchev–Trinajstić information content (AvgIpc) is 2.93. The van der Waals surface area contributed by atoms with Crippen molar-refractivity contribution in [3.8, 4) is 0 Å². The number of hydrogen-bond donors (Lipinski definition) is 0. The molecule has 1 unspecified atom stereocenters. The smallest absolute Gasteiger partial charge is 0.314 e. The number of halogens is 5. The summed E-state index contributed by atoms with van der Waals surface area (Å²) in [7, 11) is -1.85. The van der Waals surface area contributed by atoms with Gasteiger partial charge in [0.2, 0.25) is 0 Å². The molecule has 2 aliphatic heterocycles. The maximum absolute atomic E-state index is 13.2. The van der Waals surface area contributed by atoms with Gasteiger partial charge in [0.25, 0.3) is 0 Å². The number of rotatable bonds is 5. The lowest BCUT2D eigenvalue weighted by atomic mass is 10.2. The maximum Gasteiger partial charge on any atom is 0.453 e. The second-order valence-electron chi connectivity index (χ2n) is 6.06. The summed E-state index contributed by atoms with van der Waals surface area (Å²) in [6, 6.07) is 0.0203. The minimum absolute atomic E-state index is 0.0203. The summed E-state index contributed by atoms with van der Waals surface area (Å²) in [5, 5.41) is 0. The molecular weight excluding hydrogens is 307 g/mol. The van der Waals surface area contributed by atoms with Gasteiger partial charge in [-0.25, -0.2) is 0 Å². The van der Waals surface area contributed by atoms with Crippen LogP contribution in [0.4, 0.5) is 22.0 Å². The highest BCUT2D eigenvalue weighted by Crippen LogP contribution is 2.39. The van der Waals surface area contributed by atoms with E-state index in [9.17, 15) is 22.0 Å². The van der Waals surface area contributed by atoms with Crippen LogP contribution in [0.2, 0.25) is 6.04 Å². The van der Waals surface area contributed by atoms with E-state index in [2.05, 4.69) is 9.13 Å². The molecule has 2 heterocycles. The Hall–Kier alpha value is -0.213. The monoisotopic (exact) mass is 330 g/mol. The Kier molecular flexibility index (Phi) is 5.64. The van der Waals surface area contributed by atoms with Crippen molar-refractivity contribution < 1.29 is 22.0 Å². The van der Waals surface area contributed by atoms with Crippen LogP contribution in [0.1, 0.15) is 38.5 Å². The van der Waals surface area contributed by atoms with E-state index in [4.69, 9.17) is 0 Å². The van der Waals surface area contributed by atoms with Gasteiger partial charge >= 0.3 is 12.1 Å². The van der Waals surface area contributed by atoms with E-state index in [0.29, 0.717) is 0 Å². The highest BCUT2D eigenvalue weighted by Gasteiger charge is 2.57. The second kappa shape index (κ2) is 6.91. The van der Waals surface area contributed by atoms with Gasteiger partial charge in [0.1, 0.15) is 0 Å². The first-order chi connectivity index (χ1) is 9.81. The largest absolute Gasteiger partial charge is 0.453 e. The molecule has 2 saturated heterocycles. The van der Waals surface area contributed by atoms with Crippen molar-refractivity contribution in [1.29, 1.82) is 0 Å². The molecule has 0 amide bonds. The molecule has 21 heavy (non-hydrogen) atoms. The van der Waals surface area contributed by atoms with E-state index in [0.717, 1.165) is 58.3 Å². The lowest BCUT2D eigenvalue weighted by Gasteiger charge is -2.39. The molecule has 2 nitrogen and oxygen atoms in total. The Balaban J connectivity index is 1.98. The molecule has 2 rings (SSSR count). The summed E-state index contributed by atoms with van der Waals surface area (Å²) in [5.74, 6) is -4.55. The minimum atomic E-state index is -5.42. The number of alkyl halides is 5. The van der Waals surface area contributed by atoms with Gasteiger partial charge in [0.15, 0.2) is 9.12 Å². The molecule has 1 atom stereocenters. The normalized spacial score (nSPS) is 24.4. The first-order valence-corrected chi connectivity index (χ1v) is 9.59. The average molecular weight is 330 g/mol. The van der Waals surface area contributed by atoms with Gasteiger partial charge in [-0.3, -0.25) is 0 Å². The fourth-order valence-electron chi connectivity index (χ4n) is 3.30. The van der Waals surface area contributed by atoms with Gasteiger partial charge in [-0.1, -0.05) is 6.42 Å². The van der Waals surface area contributed by atoms with Crippen molar-refractivity contribution >= 4 is 9.12 Å². The van der Waals surface area contributed by atoms with E-state index in [1.807, 2.05) is 0 Å². The molecule has 0 aromatic rings. The molecule has 0 aliphatic carbocycles. The van der Waals surface area contributed by atoms with Crippen LogP contribution in [-0.4, -0.2) is 56.5 Å². The van der Waals surface area contributed by atoms with Crippen molar-refractivity contribution in [3.63, 3.8) is 0 Å². The summed E-state index contributed by atoms with van der Waals surface area (Å²) in [5.41, 5.74) is 0. The highest BCUT2D eigenvalue weighted by atomic mass is 28.3. The molecule has 0 saturated carbocycles. The third-order valence-electron chi connectivity index (χ3n) is 4.51. The zero-order chi connectivity index (χ0) is 15.5. The fourth-order valence-corrected chi connectivity index (χ4v) is 7.04. The number of nitrogens with zero attached hydrogens (tertiary/aromatic N) is 2. The molecule has 0 bridgehead atoms. The van der Waals surface area contributed by atoms with Crippen molar-refractivity contribution in [2.24, 2.45) is 0 Å². The Bertz CT molecular complexity index is 325. The molecular formula is C13H23F5N2Si. The summed E-state index contributed by atoms with van der Waals surface area (Å²) in [4.78, 5) is 0. The predicted octanol–water partition coefficient (Wildman–Crippen LogP) is 3.38. The maximum atomic E-state index is 13.2. The van der Waals surface area contributed by atoms with Gasteiger partial charge in [-0.15, -0.1) is 0 Å². The minimum Gasteiger partial charge on any atom is -0.314 e. The first kappa shape index (κ1) is 17.1. The van der Waals surface area contributed by atoms with E-state index < -0.39 is 27.6 Å². The number of hydrogen-bond acceptors (Lipinski definition) is 2. The molecule has 0 N–H and O–H groups in total. The summed E-state index contributed by atoms with van der Waals surface area (Å²) >= 11 is 0. The lowest BCUT2D eigenvalue weighted by molar-refractivity contribution is -0.282. The topological polar surface area (TPSA) is 6.48 Å². The van der Waals surface area contributed by atoms with Crippen LogP contribution in [0.25, 0.3) is 0 Å². The summed E-state index contributed by atoms with van der Waals surface area (Å²) in [6.45, 7) is 3.46. The van der Waals surface area contributed by atoms with Crippen molar-refractivity contribution in [3.05, 3.63) is 0 Å². The van der Waals surface area contributed by atoms with Gasteiger partial charge in [-0.2, -0.15) is 22.0 Å². The van der Waals surface area contributed by atoms with Crippen molar-refractivity contribution in [1.82, 2.24) is 9.13 Å². The van der Waals surface area contributed by atoms with Crippen LogP contribution in [0.5, 0.6) is 0 Å². The van der Waals surface area contributed by atoms with Crippen molar-refractivity contribution in [2.45, 2.75) is 56.7 Å². The molecule has 8 heteroatoms. The highest BCUT2D eigenvalue weighted by molar-refractivity contribution is 6.52. The van der Waals surface area contributed by atoms with E-state index in [1.165, 1.54) is 0 Å². The second-order valence-corrected chi connectivity index (χ2v) is 9.06. The van der Waals surface area contributed by atoms with E-state index >= 15 is 0 Å². The molecule has 0 spiro atoms. The number of piperidine rings is 1.